The van der Waals surface area contributed by atoms with Crippen molar-refractivity contribution in [2.45, 2.75) is 95.9 Å². The number of nitrogens with zero attached hydrogens (tertiary/aromatic N) is 3. The van der Waals surface area contributed by atoms with E-state index in [4.69, 9.17) is 4.74 Å². The molecule has 5 rings (SSSR count). The van der Waals surface area contributed by atoms with E-state index in [9.17, 15) is 19.2 Å². The highest BCUT2D eigenvalue weighted by Crippen LogP contribution is 2.31. The van der Waals surface area contributed by atoms with Crippen molar-refractivity contribution < 1.29 is 23.9 Å². The van der Waals surface area contributed by atoms with Gasteiger partial charge in [0.2, 0.25) is 17.7 Å². The predicted octanol–water partition coefficient (Wildman–Crippen LogP) is 2.47. The van der Waals surface area contributed by atoms with E-state index in [0.29, 0.717) is 49.5 Å². The van der Waals surface area contributed by atoms with Gasteiger partial charge in [-0.2, -0.15) is 0 Å². The second kappa shape index (κ2) is 10.8. The summed E-state index contributed by atoms with van der Waals surface area (Å²) in [4.78, 5) is 56.0. The van der Waals surface area contributed by atoms with Crippen LogP contribution < -0.4 is 10.1 Å². The number of imide groups is 1. The van der Waals surface area contributed by atoms with Crippen LogP contribution in [0.25, 0.3) is 0 Å². The van der Waals surface area contributed by atoms with Crippen LogP contribution in [-0.2, 0) is 20.9 Å². The lowest BCUT2D eigenvalue weighted by Gasteiger charge is -2.41. The number of fused-ring (bicyclic) bond motifs is 1. The molecule has 0 aliphatic carbocycles. The molecule has 0 bridgehead atoms. The maximum absolute atomic E-state index is 13.3. The molecule has 37 heavy (non-hydrogen) atoms. The van der Waals surface area contributed by atoms with E-state index < -0.39 is 11.9 Å². The van der Waals surface area contributed by atoms with E-state index >= 15 is 0 Å². The first-order chi connectivity index (χ1) is 17.8. The van der Waals surface area contributed by atoms with Gasteiger partial charge >= 0.3 is 0 Å². The molecule has 0 aromatic heterocycles. The Labute approximate surface area is 218 Å². The van der Waals surface area contributed by atoms with Gasteiger partial charge in [0.15, 0.2) is 0 Å². The molecular formula is C28H38N4O5. The highest BCUT2D eigenvalue weighted by molar-refractivity contribution is 6.05. The van der Waals surface area contributed by atoms with Crippen LogP contribution in [0.1, 0.15) is 81.1 Å². The number of nitrogens with one attached hydrogen (secondary N) is 1. The van der Waals surface area contributed by atoms with Gasteiger partial charge in [-0.05, 0) is 76.1 Å². The topological polar surface area (TPSA) is 99.3 Å². The van der Waals surface area contributed by atoms with Gasteiger partial charge in [0.1, 0.15) is 18.4 Å². The van der Waals surface area contributed by atoms with Crippen molar-refractivity contribution >= 4 is 23.6 Å². The van der Waals surface area contributed by atoms with E-state index in [0.717, 1.165) is 44.2 Å². The molecule has 1 aromatic rings. The van der Waals surface area contributed by atoms with Crippen molar-refractivity contribution in [1.82, 2.24) is 20.0 Å². The summed E-state index contributed by atoms with van der Waals surface area (Å²) >= 11 is 0. The number of carbonyl (C=O) groups excluding carboxylic acids is 4. The Kier molecular flexibility index (Phi) is 7.51. The molecule has 1 unspecified atom stereocenters. The largest absolute Gasteiger partial charge is 0.491 e. The Morgan fingerprint density at radius 2 is 1.81 bits per heavy atom. The molecule has 3 fully saturated rings. The number of hydrogen-bond donors (Lipinski definition) is 1. The second-order valence-electron chi connectivity index (χ2n) is 11.1. The molecule has 9 nitrogen and oxygen atoms in total. The molecule has 4 aliphatic heterocycles. The van der Waals surface area contributed by atoms with Gasteiger partial charge in [-0.1, -0.05) is 6.42 Å². The van der Waals surface area contributed by atoms with Gasteiger partial charge in [-0.3, -0.25) is 29.4 Å². The van der Waals surface area contributed by atoms with Crippen molar-refractivity contribution in [1.29, 1.82) is 0 Å². The molecule has 4 aliphatic rings. The Balaban J connectivity index is 1.21. The lowest BCUT2D eigenvalue weighted by Crippen LogP contribution is -2.53. The van der Waals surface area contributed by atoms with Gasteiger partial charge in [0.05, 0.1) is 12.6 Å². The summed E-state index contributed by atoms with van der Waals surface area (Å²) in [6, 6.07) is 5.67. The minimum absolute atomic E-state index is 0.0338. The smallest absolute Gasteiger partial charge is 0.255 e. The first kappa shape index (κ1) is 25.7. The maximum Gasteiger partial charge on any atom is 0.255 e. The first-order valence-corrected chi connectivity index (χ1v) is 13.8. The minimum atomic E-state index is -0.630. The van der Waals surface area contributed by atoms with Crippen LogP contribution in [-0.4, -0.2) is 82.2 Å². The summed E-state index contributed by atoms with van der Waals surface area (Å²) in [5.41, 5.74) is 1.38. The highest BCUT2D eigenvalue weighted by Gasteiger charge is 2.39. The van der Waals surface area contributed by atoms with E-state index in [-0.39, 0.29) is 30.2 Å². The predicted molar refractivity (Wildman–Crippen MR) is 137 cm³/mol. The van der Waals surface area contributed by atoms with Crippen molar-refractivity contribution in [3.05, 3.63) is 29.3 Å². The summed E-state index contributed by atoms with van der Waals surface area (Å²) in [5, 5.41) is 2.33. The Morgan fingerprint density at radius 3 is 2.57 bits per heavy atom. The number of carbonyl (C=O) groups is 4. The van der Waals surface area contributed by atoms with Crippen LogP contribution >= 0.6 is 0 Å². The highest BCUT2D eigenvalue weighted by atomic mass is 16.5. The summed E-state index contributed by atoms with van der Waals surface area (Å²) in [6.07, 6.45) is 7.11. The molecule has 3 saturated heterocycles. The van der Waals surface area contributed by atoms with Crippen LogP contribution in [0.5, 0.6) is 5.75 Å². The average molecular weight is 511 g/mol. The zero-order chi connectivity index (χ0) is 26.1. The number of likely N-dealkylation sites (tertiary alicyclic amines) is 2. The van der Waals surface area contributed by atoms with Crippen molar-refractivity contribution in [2.24, 2.45) is 0 Å². The van der Waals surface area contributed by atoms with Gasteiger partial charge in [0, 0.05) is 37.2 Å². The summed E-state index contributed by atoms with van der Waals surface area (Å²) < 4.78 is 6.17. The molecular weight excluding hydrogens is 472 g/mol. The van der Waals surface area contributed by atoms with E-state index in [2.05, 4.69) is 24.1 Å². The standard InChI is InChI=1S/C28H38N4O5/c1-18-6-5-7-19(2)31(18)16-26(34)30-13-4-3-8-21(30)17-37-22-9-10-23-20(14-22)15-32(28(23)36)24-11-12-25(33)29-27(24)35/h9-10,14,18-19,21,24H,3-8,11-13,15-17H2,1-2H3,(H,29,33,35)/t18-,19+,21-,24?/m0/s1. The SMILES string of the molecule is C[C@@H]1CCC[C@H](C)N1CC(=O)N1CCCC[C@H]1COc1ccc2c(c1)CN(C1CCC(=O)NC1=O)C2=O. The molecule has 200 valence electrons. The van der Waals surface area contributed by atoms with Crippen molar-refractivity contribution in [3.63, 3.8) is 0 Å². The van der Waals surface area contributed by atoms with Crippen LogP contribution in [0.2, 0.25) is 0 Å². The second-order valence-corrected chi connectivity index (χ2v) is 11.1. The first-order valence-electron chi connectivity index (χ1n) is 13.8. The van der Waals surface area contributed by atoms with Crippen molar-refractivity contribution in [2.75, 3.05) is 19.7 Å². The molecule has 0 saturated carbocycles. The van der Waals surface area contributed by atoms with Crippen LogP contribution in [0.15, 0.2) is 18.2 Å². The third-order valence-electron chi connectivity index (χ3n) is 8.58. The summed E-state index contributed by atoms with van der Waals surface area (Å²) in [5.74, 6) is -0.0527. The fourth-order valence-electron chi connectivity index (χ4n) is 6.37. The third kappa shape index (κ3) is 5.37. The molecule has 1 aromatic carbocycles. The Hall–Kier alpha value is -2.94. The fourth-order valence-corrected chi connectivity index (χ4v) is 6.37. The van der Waals surface area contributed by atoms with Crippen LogP contribution in [0, 0.1) is 0 Å². The zero-order valence-electron chi connectivity index (χ0n) is 21.9. The average Bonchev–Trinajstić information content (AvgIpc) is 3.20. The summed E-state index contributed by atoms with van der Waals surface area (Å²) in [7, 11) is 0. The minimum Gasteiger partial charge on any atom is -0.491 e. The third-order valence-corrected chi connectivity index (χ3v) is 8.58. The molecule has 4 heterocycles. The quantitative estimate of drug-likeness (QED) is 0.591. The number of rotatable bonds is 6. The van der Waals surface area contributed by atoms with Gasteiger partial charge in [0.25, 0.3) is 5.91 Å². The summed E-state index contributed by atoms with van der Waals surface area (Å²) in [6.45, 7) is 6.41. The molecule has 1 N–H and O–H groups in total. The molecule has 9 heteroatoms. The van der Waals surface area contributed by atoms with E-state index in [1.807, 2.05) is 11.0 Å². The lowest BCUT2D eigenvalue weighted by atomic mass is 9.97. The number of amides is 4. The molecule has 0 radical (unpaired) electrons. The Bertz CT molecular complexity index is 1060. The molecule has 4 atom stereocenters. The number of hydrogen-bond acceptors (Lipinski definition) is 6. The molecule has 4 amide bonds. The van der Waals surface area contributed by atoms with Gasteiger partial charge < -0.3 is 14.5 Å². The van der Waals surface area contributed by atoms with Crippen LogP contribution in [0.3, 0.4) is 0 Å². The zero-order valence-corrected chi connectivity index (χ0v) is 21.9. The van der Waals surface area contributed by atoms with E-state index in [1.54, 1.807) is 17.0 Å². The van der Waals surface area contributed by atoms with E-state index in [1.165, 1.54) is 6.42 Å². The van der Waals surface area contributed by atoms with Gasteiger partial charge in [-0.25, -0.2) is 0 Å². The number of ether oxygens (including phenoxy) is 1. The number of benzene rings is 1. The monoisotopic (exact) mass is 510 g/mol. The number of piperidine rings is 3. The van der Waals surface area contributed by atoms with Crippen LogP contribution in [0.4, 0.5) is 0 Å². The fraction of sp³-hybridized carbons (Fsp3) is 0.643. The maximum atomic E-state index is 13.3. The molecule has 0 spiro atoms. The van der Waals surface area contributed by atoms with Gasteiger partial charge in [-0.15, -0.1) is 0 Å². The normalized spacial score (nSPS) is 28.8. The Morgan fingerprint density at radius 1 is 1.03 bits per heavy atom. The lowest BCUT2D eigenvalue weighted by molar-refractivity contribution is -0.139. The van der Waals surface area contributed by atoms with Crippen molar-refractivity contribution in [3.8, 4) is 5.75 Å².